The predicted octanol–water partition coefficient (Wildman–Crippen LogP) is 3.58. The molecule has 1 aromatic rings. The lowest BCUT2D eigenvalue weighted by atomic mass is 10.0. The molecule has 0 radical (unpaired) electrons. The zero-order valence-electron chi connectivity index (χ0n) is 11.5. The summed E-state index contributed by atoms with van der Waals surface area (Å²) >= 11 is 0. The highest BCUT2D eigenvalue weighted by molar-refractivity contribution is 5.30. The minimum absolute atomic E-state index is 0.283. The van der Waals surface area contributed by atoms with Crippen molar-refractivity contribution in [1.82, 2.24) is 5.32 Å². The van der Waals surface area contributed by atoms with Crippen molar-refractivity contribution in [2.45, 2.75) is 45.6 Å². The summed E-state index contributed by atoms with van der Waals surface area (Å²) in [4.78, 5) is 0. The SMILES string of the molecule is CNCCCC(C)Oc1cccc(C(C)C)c1. The Balaban J connectivity index is 2.47. The number of ether oxygens (including phenoxy) is 1. The van der Waals surface area contributed by atoms with Crippen LogP contribution in [0.1, 0.15) is 45.1 Å². The maximum Gasteiger partial charge on any atom is 0.119 e. The van der Waals surface area contributed by atoms with E-state index in [1.54, 1.807) is 0 Å². The number of rotatable bonds is 7. The first kappa shape index (κ1) is 14.0. The van der Waals surface area contributed by atoms with Crippen LogP contribution in [-0.4, -0.2) is 19.7 Å². The monoisotopic (exact) mass is 235 g/mol. The van der Waals surface area contributed by atoms with Crippen molar-refractivity contribution >= 4 is 0 Å². The largest absolute Gasteiger partial charge is 0.491 e. The number of hydrogen-bond donors (Lipinski definition) is 1. The van der Waals surface area contributed by atoms with Crippen LogP contribution in [0.25, 0.3) is 0 Å². The van der Waals surface area contributed by atoms with Gasteiger partial charge in [-0.15, -0.1) is 0 Å². The molecule has 2 nitrogen and oxygen atoms in total. The molecule has 0 saturated carbocycles. The van der Waals surface area contributed by atoms with Gasteiger partial charge < -0.3 is 10.1 Å². The Hall–Kier alpha value is -1.02. The van der Waals surface area contributed by atoms with Gasteiger partial charge in [0.05, 0.1) is 6.10 Å². The molecule has 0 aromatic heterocycles. The normalized spacial score (nSPS) is 12.8. The highest BCUT2D eigenvalue weighted by atomic mass is 16.5. The summed E-state index contributed by atoms with van der Waals surface area (Å²) in [6.45, 7) is 7.60. The van der Waals surface area contributed by atoms with Crippen molar-refractivity contribution in [2.24, 2.45) is 0 Å². The summed E-state index contributed by atoms with van der Waals surface area (Å²) in [5.41, 5.74) is 1.34. The van der Waals surface area contributed by atoms with Gasteiger partial charge in [-0.1, -0.05) is 26.0 Å². The van der Waals surface area contributed by atoms with Crippen LogP contribution >= 0.6 is 0 Å². The van der Waals surface area contributed by atoms with Crippen LogP contribution in [0, 0.1) is 0 Å². The Kier molecular flexibility index (Phi) is 6.06. The Morgan fingerprint density at radius 2 is 2.00 bits per heavy atom. The fourth-order valence-electron chi connectivity index (χ4n) is 1.80. The van der Waals surface area contributed by atoms with Gasteiger partial charge in [0, 0.05) is 0 Å². The average Bonchev–Trinajstić information content (AvgIpc) is 2.29. The topological polar surface area (TPSA) is 21.3 Å². The first-order chi connectivity index (χ1) is 8.13. The second kappa shape index (κ2) is 7.33. The summed E-state index contributed by atoms with van der Waals surface area (Å²) < 4.78 is 5.92. The van der Waals surface area contributed by atoms with Crippen LogP contribution < -0.4 is 10.1 Å². The summed E-state index contributed by atoms with van der Waals surface area (Å²) in [7, 11) is 1.98. The van der Waals surface area contributed by atoms with E-state index in [2.05, 4.69) is 44.3 Å². The van der Waals surface area contributed by atoms with E-state index in [1.165, 1.54) is 5.56 Å². The zero-order valence-corrected chi connectivity index (χ0v) is 11.5. The first-order valence-electron chi connectivity index (χ1n) is 6.54. The Bertz CT molecular complexity index is 322. The fourth-order valence-corrected chi connectivity index (χ4v) is 1.80. The molecule has 1 rings (SSSR count). The van der Waals surface area contributed by atoms with Gasteiger partial charge in [0.2, 0.25) is 0 Å². The molecule has 96 valence electrons. The van der Waals surface area contributed by atoms with E-state index in [9.17, 15) is 0 Å². The van der Waals surface area contributed by atoms with E-state index in [-0.39, 0.29) is 6.10 Å². The van der Waals surface area contributed by atoms with E-state index < -0.39 is 0 Å². The number of hydrogen-bond acceptors (Lipinski definition) is 2. The third kappa shape index (κ3) is 5.22. The average molecular weight is 235 g/mol. The van der Waals surface area contributed by atoms with Gasteiger partial charge in [-0.3, -0.25) is 0 Å². The number of benzene rings is 1. The van der Waals surface area contributed by atoms with Crippen molar-refractivity contribution in [1.29, 1.82) is 0 Å². The summed E-state index contributed by atoms with van der Waals surface area (Å²) in [5, 5.41) is 3.16. The molecule has 1 unspecified atom stereocenters. The van der Waals surface area contributed by atoms with Gasteiger partial charge in [-0.05, 0) is 57.0 Å². The standard InChI is InChI=1S/C15H25NO/c1-12(2)14-8-5-9-15(11-14)17-13(3)7-6-10-16-4/h5,8-9,11-13,16H,6-7,10H2,1-4H3. The van der Waals surface area contributed by atoms with E-state index in [4.69, 9.17) is 4.74 Å². The van der Waals surface area contributed by atoms with Gasteiger partial charge in [0.15, 0.2) is 0 Å². The fraction of sp³-hybridized carbons (Fsp3) is 0.600. The van der Waals surface area contributed by atoms with E-state index in [0.29, 0.717) is 5.92 Å². The van der Waals surface area contributed by atoms with Crippen molar-refractivity contribution in [2.75, 3.05) is 13.6 Å². The van der Waals surface area contributed by atoms with E-state index in [0.717, 1.165) is 25.1 Å². The lowest BCUT2D eigenvalue weighted by molar-refractivity contribution is 0.207. The summed E-state index contributed by atoms with van der Waals surface area (Å²) in [6, 6.07) is 8.42. The van der Waals surface area contributed by atoms with Gasteiger partial charge in [0.25, 0.3) is 0 Å². The van der Waals surface area contributed by atoms with Gasteiger partial charge in [0.1, 0.15) is 5.75 Å². The van der Waals surface area contributed by atoms with Crippen molar-refractivity contribution < 1.29 is 4.74 Å². The van der Waals surface area contributed by atoms with Gasteiger partial charge in [-0.25, -0.2) is 0 Å². The molecule has 0 bridgehead atoms. The predicted molar refractivity (Wildman–Crippen MR) is 73.8 cm³/mol. The number of nitrogens with one attached hydrogen (secondary N) is 1. The smallest absolute Gasteiger partial charge is 0.119 e. The molecule has 0 saturated heterocycles. The maximum absolute atomic E-state index is 5.92. The van der Waals surface area contributed by atoms with Crippen molar-refractivity contribution in [3.05, 3.63) is 29.8 Å². The van der Waals surface area contributed by atoms with Gasteiger partial charge in [-0.2, -0.15) is 0 Å². The molecule has 0 fully saturated rings. The third-order valence-corrected chi connectivity index (χ3v) is 2.90. The molecular weight excluding hydrogens is 210 g/mol. The van der Waals surface area contributed by atoms with Crippen LogP contribution in [-0.2, 0) is 0 Å². The minimum atomic E-state index is 0.283. The second-order valence-corrected chi connectivity index (χ2v) is 4.90. The van der Waals surface area contributed by atoms with Crippen LogP contribution in [0.2, 0.25) is 0 Å². The highest BCUT2D eigenvalue weighted by Gasteiger charge is 2.05. The maximum atomic E-state index is 5.92. The van der Waals surface area contributed by atoms with Crippen LogP contribution in [0.3, 0.4) is 0 Å². The second-order valence-electron chi connectivity index (χ2n) is 4.90. The molecule has 0 spiro atoms. The highest BCUT2D eigenvalue weighted by Crippen LogP contribution is 2.21. The van der Waals surface area contributed by atoms with Crippen LogP contribution in [0.4, 0.5) is 0 Å². The molecule has 0 heterocycles. The van der Waals surface area contributed by atoms with Crippen molar-refractivity contribution in [3.63, 3.8) is 0 Å². The van der Waals surface area contributed by atoms with Crippen LogP contribution in [0.15, 0.2) is 24.3 Å². The Labute approximate surface area is 105 Å². The Morgan fingerprint density at radius 3 is 2.65 bits per heavy atom. The summed E-state index contributed by atoms with van der Waals surface area (Å²) in [6.07, 6.45) is 2.53. The lowest BCUT2D eigenvalue weighted by Gasteiger charge is -2.16. The molecule has 1 atom stereocenters. The van der Waals surface area contributed by atoms with Crippen LogP contribution in [0.5, 0.6) is 5.75 Å². The van der Waals surface area contributed by atoms with E-state index >= 15 is 0 Å². The zero-order chi connectivity index (χ0) is 12.7. The van der Waals surface area contributed by atoms with Crippen molar-refractivity contribution in [3.8, 4) is 5.75 Å². The first-order valence-corrected chi connectivity index (χ1v) is 6.54. The molecule has 17 heavy (non-hydrogen) atoms. The molecule has 0 aliphatic heterocycles. The molecular formula is C15H25NO. The minimum Gasteiger partial charge on any atom is -0.491 e. The third-order valence-electron chi connectivity index (χ3n) is 2.90. The molecule has 1 N–H and O–H groups in total. The quantitative estimate of drug-likeness (QED) is 0.729. The lowest BCUT2D eigenvalue weighted by Crippen LogP contribution is -2.15. The molecule has 0 aliphatic rings. The van der Waals surface area contributed by atoms with Gasteiger partial charge >= 0.3 is 0 Å². The molecule has 0 amide bonds. The Morgan fingerprint density at radius 1 is 1.24 bits per heavy atom. The molecule has 2 heteroatoms. The molecule has 1 aromatic carbocycles. The summed E-state index contributed by atoms with van der Waals surface area (Å²) in [5.74, 6) is 1.55. The molecule has 0 aliphatic carbocycles. The van der Waals surface area contributed by atoms with E-state index in [1.807, 2.05) is 13.1 Å².